The number of tetrazole rings is 1. The van der Waals surface area contributed by atoms with E-state index in [-0.39, 0.29) is 12.1 Å². The Morgan fingerprint density at radius 3 is 2.93 bits per heavy atom. The summed E-state index contributed by atoms with van der Waals surface area (Å²) in [6.07, 6.45) is 3.08. The van der Waals surface area contributed by atoms with Crippen molar-refractivity contribution in [3.05, 3.63) is 47.9 Å². The number of pyridine rings is 1. The second-order valence-corrected chi connectivity index (χ2v) is 6.88. The van der Waals surface area contributed by atoms with Crippen LogP contribution in [0.4, 0.5) is 0 Å². The van der Waals surface area contributed by atoms with Crippen LogP contribution in [-0.4, -0.2) is 68.1 Å². The van der Waals surface area contributed by atoms with Crippen molar-refractivity contribution in [1.82, 2.24) is 30.1 Å². The van der Waals surface area contributed by atoms with Gasteiger partial charge in [0.25, 0.3) is 0 Å². The van der Waals surface area contributed by atoms with Gasteiger partial charge < -0.3 is 9.84 Å². The van der Waals surface area contributed by atoms with Gasteiger partial charge in [0.05, 0.1) is 30.8 Å². The number of hydrogen-bond donors (Lipinski definition) is 1. The molecule has 8 heteroatoms. The highest BCUT2D eigenvalue weighted by Gasteiger charge is 2.30. The maximum atomic E-state index is 9.92. The smallest absolute Gasteiger partial charge is 0.173 e. The van der Waals surface area contributed by atoms with E-state index >= 15 is 0 Å². The Bertz CT molecular complexity index is 891. The van der Waals surface area contributed by atoms with Gasteiger partial charge >= 0.3 is 0 Å². The molecule has 1 aliphatic heterocycles. The molecule has 0 aliphatic carbocycles. The topological polar surface area (TPSA) is 89.2 Å². The molecular formula is C19H24N6O2. The van der Waals surface area contributed by atoms with Crippen LogP contribution in [0.25, 0.3) is 10.9 Å². The van der Waals surface area contributed by atoms with Crippen molar-refractivity contribution in [3.8, 4) is 0 Å². The van der Waals surface area contributed by atoms with Gasteiger partial charge in [-0.05, 0) is 47.0 Å². The van der Waals surface area contributed by atoms with Gasteiger partial charge in [-0.2, -0.15) is 0 Å². The van der Waals surface area contributed by atoms with Crippen LogP contribution in [0.3, 0.4) is 0 Å². The summed E-state index contributed by atoms with van der Waals surface area (Å²) in [5, 5.41) is 23.4. The zero-order valence-corrected chi connectivity index (χ0v) is 15.4. The summed E-state index contributed by atoms with van der Waals surface area (Å²) in [7, 11) is 1.67. The SMILES string of the molecule is COCCn1nnnc1[C@@H](c1ccc2ncccc2c1)N1CCC(O)CC1. The number of ether oxygens (including phenoxy) is 1. The number of benzene rings is 1. The normalized spacial score (nSPS) is 17.4. The summed E-state index contributed by atoms with van der Waals surface area (Å²) in [5.41, 5.74) is 2.09. The monoisotopic (exact) mass is 368 g/mol. The van der Waals surface area contributed by atoms with Crippen LogP contribution in [0.1, 0.15) is 30.3 Å². The van der Waals surface area contributed by atoms with E-state index in [1.807, 2.05) is 16.8 Å². The maximum Gasteiger partial charge on any atom is 0.173 e. The molecule has 4 rings (SSSR count). The van der Waals surface area contributed by atoms with Crippen molar-refractivity contribution in [3.63, 3.8) is 0 Å². The van der Waals surface area contributed by atoms with E-state index in [4.69, 9.17) is 4.74 Å². The minimum atomic E-state index is -0.229. The Labute approximate surface area is 157 Å². The molecule has 142 valence electrons. The molecule has 1 fully saturated rings. The molecule has 3 aromatic rings. The zero-order chi connectivity index (χ0) is 18.6. The molecule has 27 heavy (non-hydrogen) atoms. The lowest BCUT2D eigenvalue weighted by Crippen LogP contribution is -2.40. The molecule has 0 bridgehead atoms. The summed E-state index contributed by atoms with van der Waals surface area (Å²) in [6.45, 7) is 2.74. The standard InChI is InChI=1S/C19H24N6O2/c1-27-12-11-25-19(21-22-23-25)18(24-9-6-16(26)7-10-24)15-4-5-17-14(13-15)3-2-8-20-17/h2-5,8,13,16,18,26H,6-7,9-12H2,1H3/t18-/m1/s1. The van der Waals surface area contributed by atoms with Gasteiger partial charge in [0.1, 0.15) is 0 Å². The van der Waals surface area contributed by atoms with Crippen LogP contribution < -0.4 is 0 Å². The molecule has 1 atom stereocenters. The third-order valence-electron chi connectivity index (χ3n) is 5.12. The molecule has 1 aromatic carbocycles. The van der Waals surface area contributed by atoms with Gasteiger partial charge in [0, 0.05) is 31.8 Å². The molecule has 2 aromatic heterocycles. The van der Waals surface area contributed by atoms with Crippen LogP contribution in [0.15, 0.2) is 36.5 Å². The first-order valence-electron chi connectivity index (χ1n) is 9.28. The molecule has 0 radical (unpaired) electrons. The molecule has 0 amide bonds. The first-order valence-corrected chi connectivity index (χ1v) is 9.28. The first-order chi connectivity index (χ1) is 13.3. The third kappa shape index (κ3) is 3.83. The lowest BCUT2D eigenvalue weighted by Gasteiger charge is -2.35. The number of piperidine rings is 1. The largest absolute Gasteiger partial charge is 0.393 e. The third-order valence-corrected chi connectivity index (χ3v) is 5.12. The average Bonchev–Trinajstić information content (AvgIpc) is 3.16. The molecule has 1 aliphatic rings. The number of likely N-dealkylation sites (tertiary alicyclic amines) is 1. The second-order valence-electron chi connectivity index (χ2n) is 6.88. The summed E-state index contributed by atoms with van der Waals surface area (Å²) >= 11 is 0. The zero-order valence-electron chi connectivity index (χ0n) is 15.4. The highest BCUT2D eigenvalue weighted by Crippen LogP contribution is 2.31. The van der Waals surface area contributed by atoms with Crippen molar-refractivity contribution >= 4 is 10.9 Å². The fourth-order valence-corrected chi connectivity index (χ4v) is 3.68. The lowest BCUT2D eigenvalue weighted by molar-refractivity contribution is 0.0657. The summed E-state index contributed by atoms with van der Waals surface area (Å²) in [5.74, 6) is 0.798. The number of aliphatic hydroxyl groups excluding tert-OH is 1. The Morgan fingerprint density at radius 1 is 1.26 bits per heavy atom. The van der Waals surface area contributed by atoms with E-state index in [9.17, 15) is 5.11 Å². The van der Waals surface area contributed by atoms with Gasteiger partial charge in [-0.15, -0.1) is 5.10 Å². The highest BCUT2D eigenvalue weighted by molar-refractivity contribution is 5.79. The van der Waals surface area contributed by atoms with Gasteiger partial charge in [-0.3, -0.25) is 9.88 Å². The van der Waals surface area contributed by atoms with Crippen LogP contribution in [0, 0.1) is 0 Å². The minimum Gasteiger partial charge on any atom is -0.393 e. The number of methoxy groups -OCH3 is 1. The van der Waals surface area contributed by atoms with Crippen LogP contribution >= 0.6 is 0 Å². The Balaban J connectivity index is 1.74. The molecule has 1 N–H and O–H groups in total. The van der Waals surface area contributed by atoms with E-state index in [1.165, 1.54) is 0 Å². The Hall–Kier alpha value is -2.42. The average molecular weight is 368 g/mol. The van der Waals surface area contributed by atoms with Crippen molar-refractivity contribution < 1.29 is 9.84 Å². The van der Waals surface area contributed by atoms with E-state index in [1.54, 1.807) is 13.3 Å². The first kappa shape index (κ1) is 18.0. The van der Waals surface area contributed by atoms with Gasteiger partial charge in [-0.25, -0.2) is 4.68 Å². The number of rotatable bonds is 6. The van der Waals surface area contributed by atoms with Gasteiger partial charge in [0.15, 0.2) is 5.82 Å². The van der Waals surface area contributed by atoms with E-state index < -0.39 is 0 Å². The Kier molecular flexibility index (Phi) is 5.38. The minimum absolute atomic E-state index is 0.0750. The molecular weight excluding hydrogens is 344 g/mol. The molecule has 0 saturated carbocycles. The number of aromatic nitrogens is 5. The Morgan fingerprint density at radius 2 is 2.11 bits per heavy atom. The molecule has 8 nitrogen and oxygen atoms in total. The molecule has 1 saturated heterocycles. The summed E-state index contributed by atoms with van der Waals surface area (Å²) in [6, 6.07) is 10.2. The van der Waals surface area contributed by atoms with Crippen molar-refractivity contribution in [2.24, 2.45) is 0 Å². The number of nitrogens with zero attached hydrogens (tertiary/aromatic N) is 6. The molecule has 3 heterocycles. The van der Waals surface area contributed by atoms with Crippen molar-refractivity contribution in [2.75, 3.05) is 26.8 Å². The quantitative estimate of drug-likeness (QED) is 0.704. The van der Waals surface area contributed by atoms with Crippen LogP contribution in [0.5, 0.6) is 0 Å². The molecule has 0 spiro atoms. The van der Waals surface area contributed by atoms with Gasteiger partial charge in [-0.1, -0.05) is 12.1 Å². The maximum absolute atomic E-state index is 9.92. The van der Waals surface area contributed by atoms with E-state index in [2.05, 4.69) is 43.6 Å². The van der Waals surface area contributed by atoms with Crippen molar-refractivity contribution in [2.45, 2.75) is 31.5 Å². The van der Waals surface area contributed by atoms with Gasteiger partial charge in [0.2, 0.25) is 0 Å². The van der Waals surface area contributed by atoms with E-state index in [0.29, 0.717) is 13.2 Å². The number of hydrogen-bond acceptors (Lipinski definition) is 7. The van der Waals surface area contributed by atoms with Crippen molar-refractivity contribution in [1.29, 1.82) is 0 Å². The van der Waals surface area contributed by atoms with E-state index in [0.717, 1.165) is 48.2 Å². The molecule has 0 unspecified atom stereocenters. The summed E-state index contributed by atoms with van der Waals surface area (Å²) < 4.78 is 7.01. The second kappa shape index (κ2) is 8.08. The summed E-state index contributed by atoms with van der Waals surface area (Å²) in [4.78, 5) is 6.76. The number of fused-ring (bicyclic) bond motifs is 1. The lowest BCUT2D eigenvalue weighted by atomic mass is 9.98. The van der Waals surface area contributed by atoms with Crippen LogP contribution in [0.2, 0.25) is 0 Å². The fraction of sp³-hybridized carbons (Fsp3) is 0.474. The fourth-order valence-electron chi connectivity index (χ4n) is 3.68. The number of aliphatic hydroxyl groups is 1. The van der Waals surface area contributed by atoms with Crippen LogP contribution in [-0.2, 0) is 11.3 Å². The predicted molar refractivity (Wildman–Crippen MR) is 100 cm³/mol. The predicted octanol–water partition coefficient (Wildman–Crippen LogP) is 1.41. The highest BCUT2D eigenvalue weighted by atomic mass is 16.5.